The number of amides is 2. The van der Waals surface area contributed by atoms with Crippen molar-refractivity contribution in [1.82, 2.24) is 0 Å². The Bertz CT molecular complexity index is 609. The first-order chi connectivity index (χ1) is 9.06. The Morgan fingerprint density at radius 3 is 2.37 bits per heavy atom. The Labute approximate surface area is 112 Å². The molecule has 0 aliphatic heterocycles. The van der Waals surface area contributed by atoms with Gasteiger partial charge in [-0.25, -0.2) is 4.79 Å². The van der Waals surface area contributed by atoms with Crippen LogP contribution in [0.5, 0.6) is 5.75 Å². The Balaban J connectivity index is 2.08. The zero-order chi connectivity index (χ0) is 13.8. The molecule has 3 N–H and O–H groups in total. The smallest absolute Gasteiger partial charge is 0.323 e. The first kappa shape index (κ1) is 13.0. The number of nitrogens with one attached hydrogen (secondary N) is 2. The lowest BCUT2D eigenvalue weighted by Gasteiger charge is -2.11. The second-order valence-corrected chi connectivity index (χ2v) is 4.41. The van der Waals surface area contributed by atoms with E-state index in [1.165, 1.54) is 6.07 Å². The maximum atomic E-state index is 11.8. The fraction of sp³-hybridized carbons (Fsp3) is 0.133. The van der Waals surface area contributed by atoms with Crippen LogP contribution in [0.1, 0.15) is 11.1 Å². The minimum absolute atomic E-state index is 0.0401. The third-order valence-electron chi connectivity index (χ3n) is 2.78. The third kappa shape index (κ3) is 3.25. The van der Waals surface area contributed by atoms with E-state index in [2.05, 4.69) is 10.6 Å². The average Bonchev–Trinajstić information content (AvgIpc) is 2.36. The second-order valence-electron chi connectivity index (χ2n) is 4.41. The summed E-state index contributed by atoms with van der Waals surface area (Å²) in [6.45, 7) is 3.93. The van der Waals surface area contributed by atoms with Crippen LogP contribution in [0.15, 0.2) is 42.5 Å². The van der Waals surface area contributed by atoms with Gasteiger partial charge in [0.15, 0.2) is 0 Å². The number of phenols is 1. The maximum absolute atomic E-state index is 11.8. The number of carbonyl (C=O) groups excluding carboxylic acids is 1. The van der Waals surface area contributed by atoms with Crippen molar-refractivity contribution in [1.29, 1.82) is 0 Å². The van der Waals surface area contributed by atoms with Crippen LogP contribution in [0.25, 0.3) is 0 Å². The van der Waals surface area contributed by atoms with Crippen molar-refractivity contribution < 1.29 is 9.90 Å². The number of aryl methyl sites for hydroxylation is 2. The number of hydrogen-bond donors (Lipinski definition) is 3. The molecule has 2 aromatic carbocycles. The number of rotatable bonds is 2. The number of benzene rings is 2. The van der Waals surface area contributed by atoms with Crippen LogP contribution < -0.4 is 10.6 Å². The second kappa shape index (κ2) is 5.44. The van der Waals surface area contributed by atoms with Gasteiger partial charge in [-0.15, -0.1) is 0 Å². The third-order valence-corrected chi connectivity index (χ3v) is 2.78. The Morgan fingerprint density at radius 2 is 1.68 bits per heavy atom. The number of para-hydroxylation sites is 2. The van der Waals surface area contributed by atoms with Crippen molar-refractivity contribution >= 4 is 17.4 Å². The highest BCUT2D eigenvalue weighted by atomic mass is 16.3. The molecule has 0 aromatic heterocycles. The van der Waals surface area contributed by atoms with Crippen LogP contribution in [-0.4, -0.2) is 11.1 Å². The standard InChI is InChI=1S/C15H16N2O2/c1-10-7-8-12(11(2)9-10)16-15(19)17-13-5-3-4-6-14(13)18/h3-9,18H,1-2H3,(H2,16,17,19). The Hall–Kier alpha value is -2.49. The number of phenolic OH excluding ortho intramolecular Hbond substituents is 1. The van der Waals surface area contributed by atoms with E-state index in [1.807, 2.05) is 32.0 Å². The van der Waals surface area contributed by atoms with Gasteiger partial charge in [-0.2, -0.15) is 0 Å². The van der Waals surface area contributed by atoms with E-state index in [0.29, 0.717) is 5.69 Å². The molecule has 0 aliphatic carbocycles. The van der Waals surface area contributed by atoms with Crippen molar-refractivity contribution in [3.63, 3.8) is 0 Å². The normalized spacial score (nSPS) is 10.0. The molecule has 0 saturated heterocycles. The van der Waals surface area contributed by atoms with E-state index in [-0.39, 0.29) is 11.8 Å². The summed E-state index contributed by atoms with van der Waals surface area (Å²) in [5, 5.41) is 14.9. The van der Waals surface area contributed by atoms with Gasteiger partial charge in [-0.3, -0.25) is 0 Å². The molecule has 0 aliphatic rings. The molecule has 0 radical (unpaired) electrons. The summed E-state index contributed by atoms with van der Waals surface area (Å²) in [4.78, 5) is 11.8. The highest BCUT2D eigenvalue weighted by Crippen LogP contribution is 2.22. The fourth-order valence-corrected chi connectivity index (χ4v) is 1.81. The number of hydrogen-bond acceptors (Lipinski definition) is 2. The van der Waals surface area contributed by atoms with E-state index in [4.69, 9.17) is 0 Å². The van der Waals surface area contributed by atoms with Crippen molar-refractivity contribution in [3.8, 4) is 5.75 Å². The molecule has 0 heterocycles. The average molecular weight is 256 g/mol. The van der Waals surface area contributed by atoms with Gasteiger partial charge in [-0.1, -0.05) is 29.8 Å². The van der Waals surface area contributed by atoms with Gasteiger partial charge < -0.3 is 15.7 Å². The van der Waals surface area contributed by atoms with Gasteiger partial charge >= 0.3 is 6.03 Å². The fourth-order valence-electron chi connectivity index (χ4n) is 1.81. The maximum Gasteiger partial charge on any atom is 0.323 e. The van der Waals surface area contributed by atoms with Crippen LogP contribution in [0.2, 0.25) is 0 Å². The first-order valence-corrected chi connectivity index (χ1v) is 5.99. The summed E-state index contributed by atoms with van der Waals surface area (Å²) >= 11 is 0. The van der Waals surface area contributed by atoms with Crippen molar-refractivity contribution in [3.05, 3.63) is 53.6 Å². The van der Waals surface area contributed by atoms with Gasteiger partial charge in [0.1, 0.15) is 5.75 Å². The van der Waals surface area contributed by atoms with E-state index in [9.17, 15) is 9.90 Å². The molecule has 4 heteroatoms. The molecule has 0 fully saturated rings. The summed E-state index contributed by atoms with van der Waals surface area (Å²) in [6.07, 6.45) is 0. The molecule has 4 nitrogen and oxygen atoms in total. The van der Waals surface area contributed by atoms with Gasteiger partial charge in [0.25, 0.3) is 0 Å². The topological polar surface area (TPSA) is 61.4 Å². The molecule has 0 spiro atoms. The number of carbonyl (C=O) groups is 1. The molecule has 0 atom stereocenters. The van der Waals surface area contributed by atoms with E-state index >= 15 is 0 Å². The molecule has 19 heavy (non-hydrogen) atoms. The SMILES string of the molecule is Cc1ccc(NC(=O)Nc2ccccc2O)c(C)c1. The highest BCUT2D eigenvalue weighted by Gasteiger charge is 2.07. The minimum atomic E-state index is -0.381. The van der Waals surface area contributed by atoms with Crippen LogP contribution in [0, 0.1) is 13.8 Å². The number of aromatic hydroxyl groups is 1. The lowest BCUT2D eigenvalue weighted by atomic mass is 10.1. The lowest BCUT2D eigenvalue weighted by molar-refractivity contribution is 0.262. The van der Waals surface area contributed by atoms with E-state index in [0.717, 1.165) is 16.8 Å². The predicted octanol–water partition coefficient (Wildman–Crippen LogP) is 3.65. The first-order valence-electron chi connectivity index (χ1n) is 5.99. The Morgan fingerprint density at radius 1 is 1.00 bits per heavy atom. The number of anilines is 2. The summed E-state index contributed by atoms with van der Waals surface area (Å²) < 4.78 is 0. The molecule has 2 rings (SSSR count). The monoisotopic (exact) mass is 256 g/mol. The summed E-state index contributed by atoms with van der Waals surface area (Å²) in [7, 11) is 0. The lowest BCUT2D eigenvalue weighted by Crippen LogP contribution is -2.20. The molecule has 0 saturated carbocycles. The van der Waals surface area contributed by atoms with Crippen LogP contribution in [-0.2, 0) is 0 Å². The zero-order valence-electron chi connectivity index (χ0n) is 10.9. The minimum Gasteiger partial charge on any atom is -0.506 e. The summed E-state index contributed by atoms with van der Waals surface area (Å²) in [6, 6.07) is 12.0. The molecule has 0 unspecified atom stereocenters. The van der Waals surface area contributed by atoms with Gasteiger partial charge in [0.2, 0.25) is 0 Å². The zero-order valence-corrected chi connectivity index (χ0v) is 10.9. The molecular weight excluding hydrogens is 240 g/mol. The van der Waals surface area contributed by atoms with Gasteiger partial charge in [-0.05, 0) is 37.6 Å². The molecule has 98 valence electrons. The Kier molecular flexibility index (Phi) is 3.71. The quantitative estimate of drug-likeness (QED) is 0.718. The van der Waals surface area contributed by atoms with Crippen molar-refractivity contribution in [2.24, 2.45) is 0 Å². The highest BCUT2D eigenvalue weighted by molar-refractivity contribution is 6.01. The van der Waals surface area contributed by atoms with Gasteiger partial charge in [0.05, 0.1) is 5.69 Å². The molecule has 0 bridgehead atoms. The number of urea groups is 1. The van der Waals surface area contributed by atoms with Crippen LogP contribution in [0.4, 0.5) is 16.2 Å². The van der Waals surface area contributed by atoms with E-state index in [1.54, 1.807) is 18.2 Å². The van der Waals surface area contributed by atoms with Crippen LogP contribution in [0.3, 0.4) is 0 Å². The molecular formula is C15H16N2O2. The van der Waals surface area contributed by atoms with Crippen molar-refractivity contribution in [2.45, 2.75) is 13.8 Å². The van der Waals surface area contributed by atoms with Crippen molar-refractivity contribution in [2.75, 3.05) is 10.6 Å². The van der Waals surface area contributed by atoms with Crippen LogP contribution >= 0.6 is 0 Å². The van der Waals surface area contributed by atoms with E-state index < -0.39 is 0 Å². The molecule has 2 amide bonds. The largest absolute Gasteiger partial charge is 0.506 e. The van der Waals surface area contributed by atoms with Gasteiger partial charge in [0, 0.05) is 5.69 Å². The molecule has 2 aromatic rings. The summed E-state index contributed by atoms with van der Waals surface area (Å²) in [5.74, 6) is 0.0401. The predicted molar refractivity (Wildman–Crippen MR) is 76.7 cm³/mol. The summed E-state index contributed by atoms with van der Waals surface area (Å²) in [5.41, 5.74) is 3.26.